The Morgan fingerprint density at radius 1 is 1.42 bits per heavy atom. The molecule has 3 atom stereocenters. The SMILES string of the molecule is CC1(C)SC2C(NC(=O)Cc3ccc(CN)s3)C(=O)N2C1c1nn[nH]n1. The predicted molar refractivity (Wildman–Crippen MR) is 97.1 cm³/mol. The van der Waals surface area contributed by atoms with Crippen LogP contribution in [0, 0.1) is 0 Å². The maximum absolute atomic E-state index is 12.7. The highest BCUT2D eigenvalue weighted by molar-refractivity contribution is 8.01. The zero-order chi connectivity index (χ0) is 18.5. The number of aromatic amines is 1. The highest BCUT2D eigenvalue weighted by atomic mass is 32.2. The first-order valence-electron chi connectivity index (χ1n) is 8.21. The smallest absolute Gasteiger partial charge is 0.249 e. The van der Waals surface area contributed by atoms with E-state index in [2.05, 4.69) is 25.9 Å². The Hall–Kier alpha value is -1.98. The van der Waals surface area contributed by atoms with Crippen LogP contribution < -0.4 is 11.1 Å². The highest BCUT2D eigenvalue weighted by Crippen LogP contribution is 2.56. The first-order chi connectivity index (χ1) is 12.4. The van der Waals surface area contributed by atoms with Crippen LogP contribution in [0.4, 0.5) is 0 Å². The largest absolute Gasteiger partial charge is 0.341 e. The molecule has 0 spiro atoms. The molecule has 0 saturated carbocycles. The fraction of sp³-hybridized carbons (Fsp3) is 0.533. The molecule has 0 bridgehead atoms. The molecule has 0 aliphatic carbocycles. The average molecular weight is 393 g/mol. The molecule has 2 aliphatic rings. The average Bonchev–Trinajstić information content (AvgIpc) is 3.30. The Kier molecular flexibility index (Phi) is 4.24. The molecule has 4 rings (SSSR count). The van der Waals surface area contributed by atoms with Gasteiger partial charge in [-0.15, -0.1) is 33.3 Å². The Bertz CT molecular complexity index is 835. The molecule has 138 valence electrons. The Labute approximate surface area is 158 Å². The molecule has 2 aromatic rings. The lowest BCUT2D eigenvalue weighted by atomic mass is 9.95. The van der Waals surface area contributed by atoms with Crippen molar-refractivity contribution in [1.82, 2.24) is 30.8 Å². The van der Waals surface area contributed by atoms with Crippen LogP contribution in [0.25, 0.3) is 0 Å². The van der Waals surface area contributed by atoms with Crippen molar-refractivity contribution < 1.29 is 9.59 Å². The van der Waals surface area contributed by atoms with E-state index in [0.29, 0.717) is 12.4 Å². The number of thioether (sulfide) groups is 1. The van der Waals surface area contributed by atoms with Gasteiger partial charge in [0.2, 0.25) is 11.8 Å². The number of rotatable bonds is 5. The maximum atomic E-state index is 12.7. The molecule has 2 saturated heterocycles. The van der Waals surface area contributed by atoms with Crippen LogP contribution in [0.1, 0.15) is 35.5 Å². The molecule has 4 N–H and O–H groups in total. The second kappa shape index (κ2) is 6.32. The summed E-state index contributed by atoms with van der Waals surface area (Å²) < 4.78 is -0.270. The number of carbonyl (C=O) groups excluding carboxylic acids is 2. The van der Waals surface area contributed by atoms with Crippen molar-refractivity contribution in [2.24, 2.45) is 5.73 Å². The normalized spacial score (nSPS) is 26.5. The van der Waals surface area contributed by atoms with Gasteiger partial charge < -0.3 is 16.0 Å². The second-order valence-corrected chi connectivity index (χ2v) is 9.85. The van der Waals surface area contributed by atoms with Crippen molar-refractivity contribution in [3.05, 3.63) is 27.7 Å². The molecule has 0 aromatic carbocycles. The van der Waals surface area contributed by atoms with Gasteiger partial charge in [0.1, 0.15) is 17.5 Å². The van der Waals surface area contributed by atoms with Gasteiger partial charge >= 0.3 is 0 Å². The summed E-state index contributed by atoms with van der Waals surface area (Å²) >= 11 is 3.17. The van der Waals surface area contributed by atoms with Gasteiger partial charge in [-0.05, 0) is 26.0 Å². The molecule has 2 amide bonds. The minimum Gasteiger partial charge on any atom is -0.341 e. The topological polar surface area (TPSA) is 130 Å². The van der Waals surface area contributed by atoms with Crippen LogP contribution in [0.15, 0.2) is 12.1 Å². The van der Waals surface area contributed by atoms with Crippen molar-refractivity contribution in [1.29, 1.82) is 0 Å². The number of hydrogen-bond acceptors (Lipinski definition) is 8. The molecular weight excluding hydrogens is 374 g/mol. The zero-order valence-corrected chi connectivity index (χ0v) is 15.9. The molecular formula is C15H19N7O2S2. The van der Waals surface area contributed by atoms with Gasteiger partial charge in [-0.2, -0.15) is 5.21 Å². The van der Waals surface area contributed by atoms with Gasteiger partial charge in [-0.25, -0.2) is 0 Å². The number of nitrogens with two attached hydrogens (primary N) is 1. The van der Waals surface area contributed by atoms with Gasteiger partial charge in [0.15, 0.2) is 5.82 Å². The lowest BCUT2D eigenvalue weighted by molar-refractivity contribution is -0.151. The second-order valence-electron chi connectivity index (χ2n) is 6.82. The van der Waals surface area contributed by atoms with E-state index in [1.54, 1.807) is 16.7 Å². The minimum absolute atomic E-state index is 0.106. The minimum atomic E-state index is -0.516. The summed E-state index contributed by atoms with van der Waals surface area (Å²) in [6, 6.07) is 3.05. The number of tetrazole rings is 1. The van der Waals surface area contributed by atoms with E-state index in [-0.39, 0.29) is 34.4 Å². The number of nitrogens with one attached hydrogen (secondary N) is 2. The van der Waals surface area contributed by atoms with Gasteiger partial charge in [0.25, 0.3) is 0 Å². The number of carbonyl (C=O) groups is 2. The van der Waals surface area contributed by atoms with Crippen molar-refractivity contribution in [3.8, 4) is 0 Å². The molecule has 4 heterocycles. The molecule has 11 heteroatoms. The van der Waals surface area contributed by atoms with Gasteiger partial charge in [-0.1, -0.05) is 5.21 Å². The summed E-state index contributed by atoms with van der Waals surface area (Å²) in [5, 5.41) is 16.9. The fourth-order valence-electron chi connectivity index (χ4n) is 3.46. The number of β-lactam (4-membered cyclic amide) rings is 1. The summed E-state index contributed by atoms with van der Waals surface area (Å²) in [6.07, 6.45) is 0.253. The van der Waals surface area contributed by atoms with Gasteiger partial charge in [-0.3, -0.25) is 9.59 Å². The quantitative estimate of drug-likeness (QED) is 0.618. The number of hydrogen-bond donors (Lipinski definition) is 3. The Balaban J connectivity index is 1.44. The van der Waals surface area contributed by atoms with Crippen LogP contribution in [-0.2, 0) is 22.6 Å². The Morgan fingerprint density at radius 2 is 2.19 bits per heavy atom. The van der Waals surface area contributed by atoms with Crippen LogP contribution in [0.5, 0.6) is 0 Å². The van der Waals surface area contributed by atoms with E-state index in [9.17, 15) is 9.59 Å². The van der Waals surface area contributed by atoms with Crippen molar-refractivity contribution >= 4 is 34.9 Å². The first kappa shape index (κ1) is 17.4. The molecule has 2 aliphatic heterocycles. The van der Waals surface area contributed by atoms with Gasteiger partial charge in [0.05, 0.1) is 6.42 Å². The standard InChI is InChI=1S/C15H19N7O2S2/c1-15(2)11(12-18-20-21-19-12)22-13(24)10(14(22)26-15)17-9(23)5-7-3-4-8(6-16)25-7/h3-4,10-11,14H,5-6,16H2,1-2H3,(H,17,23)(H,18,19,20,21). The number of nitrogens with zero attached hydrogens (tertiary/aromatic N) is 4. The van der Waals surface area contributed by atoms with Crippen molar-refractivity contribution in [2.45, 2.75) is 49.0 Å². The number of amides is 2. The molecule has 26 heavy (non-hydrogen) atoms. The van der Waals surface area contributed by atoms with E-state index >= 15 is 0 Å². The van der Waals surface area contributed by atoms with Crippen LogP contribution in [0.3, 0.4) is 0 Å². The molecule has 9 nitrogen and oxygen atoms in total. The van der Waals surface area contributed by atoms with Crippen molar-refractivity contribution in [3.63, 3.8) is 0 Å². The van der Waals surface area contributed by atoms with E-state index < -0.39 is 6.04 Å². The first-order valence-corrected chi connectivity index (χ1v) is 9.90. The molecule has 0 radical (unpaired) electrons. The lowest BCUT2D eigenvalue weighted by Gasteiger charge is -2.44. The molecule has 2 aromatic heterocycles. The molecule has 3 unspecified atom stereocenters. The van der Waals surface area contributed by atoms with Gasteiger partial charge in [0, 0.05) is 21.0 Å². The third-order valence-electron chi connectivity index (χ3n) is 4.62. The van der Waals surface area contributed by atoms with Crippen molar-refractivity contribution in [2.75, 3.05) is 0 Å². The maximum Gasteiger partial charge on any atom is 0.249 e. The van der Waals surface area contributed by atoms with Crippen LogP contribution in [-0.4, -0.2) is 53.5 Å². The number of thiophene rings is 1. The zero-order valence-electron chi connectivity index (χ0n) is 14.3. The Morgan fingerprint density at radius 3 is 2.85 bits per heavy atom. The van der Waals surface area contributed by atoms with E-state index in [1.165, 1.54) is 11.3 Å². The summed E-state index contributed by atoms with van der Waals surface area (Å²) in [5.74, 6) is 0.232. The summed E-state index contributed by atoms with van der Waals surface area (Å²) in [5.41, 5.74) is 5.60. The van der Waals surface area contributed by atoms with Crippen LogP contribution in [0.2, 0.25) is 0 Å². The summed E-state index contributed by atoms with van der Waals surface area (Å²) in [4.78, 5) is 28.8. The summed E-state index contributed by atoms with van der Waals surface area (Å²) in [6.45, 7) is 4.56. The fourth-order valence-corrected chi connectivity index (χ4v) is 5.99. The predicted octanol–water partition coefficient (Wildman–Crippen LogP) is 0.182. The third kappa shape index (κ3) is 2.79. The lowest BCUT2D eigenvalue weighted by Crippen LogP contribution is -2.68. The summed E-state index contributed by atoms with van der Waals surface area (Å²) in [7, 11) is 0. The highest BCUT2D eigenvalue weighted by Gasteiger charge is 2.63. The van der Waals surface area contributed by atoms with E-state index in [0.717, 1.165) is 9.75 Å². The van der Waals surface area contributed by atoms with E-state index in [1.807, 2.05) is 26.0 Å². The third-order valence-corrected chi connectivity index (χ3v) is 7.30. The van der Waals surface area contributed by atoms with E-state index in [4.69, 9.17) is 5.73 Å². The molecule has 2 fully saturated rings. The van der Waals surface area contributed by atoms with Crippen LogP contribution >= 0.6 is 23.1 Å². The number of H-pyrrole nitrogens is 1. The number of aromatic nitrogens is 4. The number of fused-ring (bicyclic) bond motifs is 1. The monoisotopic (exact) mass is 393 g/mol.